The summed E-state index contributed by atoms with van der Waals surface area (Å²) in [6.45, 7) is 2.88. The summed E-state index contributed by atoms with van der Waals surface area (Å²) in [4.78, 5) is 13.1. The number of thioether (sulfide) groups is 1. The zero-order chi connectivity index (χ0) is 16.8. The van der Waals surface area contributed by atoms with Crippen molar-refractivity contribution in [2.24, 2.45) is 0 Å². The van der Waals surface area contributed by atoms with Gasteiger partial charge >= 0.3 is 6.01 Å². The van der Waals surface area contributed by atoms with E-state index in [-0.39, 0.29) is 11.8 Å². The highest BCUT2D eigenvalue weighted by molar-refractivity contribution is 7.99. The molecule has 0 unspecified atom stereocenters. The highest BCUT2D eigenvalue weighted by Crippen LogP contribution is 2.19. The number of rotatable bonds is 6. The SMILES string of the molecule is CCSc1ccc(Cc2nnc(NC(=O)C3=COCCO3)o2)cc1. The van der Waals surface area contributed by atoms with Gasteiger partial charge in [-0.05, 0) is 23.4 Å². The van der Waals surface area contributed by atoms with Crippen LogP contribution in [-0.2, 0) is 20.7 Å². The van der Waals surface area contributed by atoms with E-state index < -0.39 is 5.91 Å². The second-order valence-electron chi connectivity index (χ2n) is 4.91. The fourth-order valence-corrected chi connectivity index (χ4v) is 2.73. The van der Waals surface area contributed by atoms with Gasteiger partial charge in [0.05, 0.1) is 6.42 Å². The van der Waals surface area contributed by atoms with Gasteiger partial charge in [-0.15, -0.1) is 16.9 Å². The average molecular weight is 347 g/mol. The van der Waals surface area contributed by atoms with Crippen molar-refractivity contribution in [1.29, 1.82) is 0 Å². The van der Waals surface area contributed by atoms with Crippen LogP contribution in [0, 0.1) is 0 Å². The highest BCUT2D eigenvalue weighted by atomic mass is 32.2. The number of carbonyl (C=O) groups is 1. The zero-order valence-corrected chi connectivity index (χ0v) is 14.0. The van der Waals surface area contributed by atoms with Crippen molar-refractivity contribution in [3.8, 4) is 0 Å². The monoisotopic (exact) mass is 347 g/mol. The van der Waals surface area contributed by atoms with Crippen LogP contribution >= 0.6 is 11.8 Å². The molecule has 7 nitrogen and oxygen atoms in total. The van der Waals surface area contributed by atoms with E-state index in [1.165, 1.54) is 11.2 Å². The Kier molecular flexibility index (Phi) is 5.37. The number of hydrogen-bond donors (Lipinski definition) is 1. The molecule has 8 heteroatoms. The molecule has 0 radical (unpaired) electrons. The lowest BCUT2D eigenvalue weighted by Crippen LogP contribution is -2.21. The lowest BCUT2D eigenvalue weighted by atomic mass is 10.1. The molecule has 1 aromatic carbocycles. The van der Waals surface area contributed by atoms with Crippen molar-refractivity contribution in [2.45, 2.75) is 18.2 Å². The maximum Gasteiger partial charge on any atom is 0.322 e. The Morgan fingerprint density at radius 2 is 2.08 bits per heavy atom. The molecule has 0 saturated carbocycles. The molecule has 1 aliphatic heterocycles. The molecule has 0 saturated heterocycles. The van der Waals surface area contributed by atoms with Crippen molar-refractivity contribution in [3.05, 3.63) is 47.7 Å². The summed E-state index contributed by atoms with van der Waals surface area (Å²) in [6.07, 6.45) is 1.77. The number of aromatic nitrogens is 2. The van der Waals surface area contributed by atoms with Crippen molar-refractivity contribution >= 4 is 23.7 Å². The maximum atomic E-state index is 11.9. The Balaban J connectivity index is 1.58. The molecule has 0 fully saturated rings. The van der Waals surface area contributed by atoms with Gasteiger partial charge in [0.25, 0.3) is 5.91 Å². The van der Waals surface area contributed by atoms with Gasteiger partial charge in [-0.2, -0.15) is 0 Å². The lowest BCUT2D eigenvalue weighted by Gasteiger charge is -2.13. The molecule has 1 amide bonds. The van der Waals surface area contributed by atoms with E-state index in [1.807, 2.05) is 12.1 Å². The van der Waals surface area contributed by atoms with E-state index in [9.17, 15) is 4.79 Å². The van der Waals surface area contributed by atoms with Crippen molar-refractivity contribution in [2.75, 3.05) is 24.3 Å². The smallest absolute Gasteiger partial charge is 0.322 e. The van der Waals surface area contributed by atoms with Crippen LogP contribution in [-0.4, -0.2) is 35.1 Å². The molecular formula is C16H17N3O4S. The van der Waals surface area contributed by atoms with E-state index in [1.54, 1.807) is 11.8 Å². The Hall–Kier alpha value is -2.48. The summed E-state index contributed by atoms with van der Waals surface area (Å²) in [5.41, 5.74) is 1.06. The molecule has 0 aliphatic carbocycles. The molecular weight excluding hydrogens is 330 g/mol. The van der Waals surface area contributed by atoms with Gasteiger partial charge in [0.15, 0.2) is 0 Å². The first-order valence-electron chi connectivity index (χ1n) is 7.54. The van der Waals surface area contributed by atoms with Gasteiger partial charge < -0.3 is 13.9 Å². The number of nitrogens with zero attached hydrogens (tertiary/aromatic N) is 2. The van der Waals surface area contributed by atoms with E-state index in [0.717, 1.165) is 11.3 Å². The average Bonchev–Trinajstić information content (AvgIpc) is 3.04. The minimum atomic E-state index is -0.481. The number of hydrogen-bond acceptors (Lipinski definition) is 7. The number of anilines is 1. The topological polar surface area (TPSA) is 86.5 Å². The van der Waals surface area contributed by atoms with Crippen molar-refractivity contribution in [3.63, 3.8) is 0 Å². The Labute approximate surface area is 143 Å². The molecule has 2 aromatic rings. The molecule has 126 valence electrons. The fraction of sp³-hybridized carbons (Fsp3) is 0.312. The van der Waals surface area contributed by atoms with Gasteiger partial charge in [-0.1, -0.05) is 24.2 Å². The van der Waals surface area contributed by atoms with Crippen LogP contribution in [0.25, 0.3) is 0 Å². The first kappa shape index (κ1) is 16.4. The number of benzene rings is 1. The van der Waals surface area contributed by atoms with Crippen LogP contribution in [0.5, 0.6) is 0 Å². The summed E-state index contributed by atoms with van der Waals surface area (Å²) >= 11 is 1.79. The predicted molar refractivity (Wildman–Crippen MR) is 88.6 cm³/mol. The van der Waals surface area contributed by atoms with Gasteiger partial charge in [0.2, 0.25) is 11.6 Å². The number of nitrogens with one attached hydrogen (secondary N) is 1. The van der Waals surface area contributed by atoms with Gasteiger partial charge in [0.1, 0.15) is 19.5 Å². The van der Waals surface area contributed by atoms with E-state index in [2.05, 4.69) is 34.6 Å². The largest absolute Gasteiger partial charge is 0.494 e. The van der Waals surface area contributed by atoms with E-state index in [0.29, 0.717) is 25.5 Å². The molecule has 0 bridgehead atoms. The summed E-state index contributed by atoms with van der Waals surface area (Å²) in [5.74, 6) is 1.07. The van der Waals surface area contributed by atoms with E-state index >= 15 is 0 Å². The molecule has 1 aromatic heterocycles. The third kappa shape index (κ3) is 4.29. The summed E-state index contributed by atoms with van der Waals surface area (Å²) in [5, 5.41) is 10.2. The number of carbonyl (C=O) groups excluding carboxylic acids is 1. The van der Waals surface area contributed by atoms with Gasteiger partial charge in [0, 0.05) is 4.90 Å². The molecule has 3 rings (SSSR count). The summed E-state index contributed by atoms with van der Waals surface area (Å²) in [6, 6.07) is 8.21. The maximum absolute atomic E-state index is 11.9. The Morgan fingerprint density at radius 3 is 2.79 bits per heavy atom. The molecule has 1 N–H and O–H groups in total. The molecule has 1 aliphatic rings. The molecule has 0 spiro atoms. The second-order valence-corrected chi connectivity index (χ2v) is 6.25. The van der Waals surface area contributed by atoms with Crippen LogP contribution in [0.4, 0.5) is 6.01 Å². The quantitative estimate of drug-likeness (QED) is 0.804. The Bertz CT molecular complexity index is 727. The third-order valence-electron chi connectivity index (χ3n) is 3.15. The van der Waals surface area contributed by atoms with Crippen LogP contribution in [0.2, 0.25) is 0 Å². The van der Waals surface area contributed by atoms with Crippen LogP contribution < -0.4 is 5.32 Å². The zero-order valence-electron chi connectivity index (χ0n) is 13.2. The second kappa shape index (κ2) is 7.87. The van der Waals surface area contributed by atoms with E-state index in [4.69, 9.17) is 13.9 Å². The van der Waals surface area contributed by atoms with Crippen LogP contribution in [0.15, 0.2) is 45.6 Å². The fourth-order valence-electron chi connectivity index (χ4n) is 2.07. The van der Waals surface area contributed by atoms with Crippen LogP contribution in [0.3, 0.4) is 0 Å². The molecule has 0 atom stereocenters. The lowest BCUT2D eigenvalue weighted by molar-refractivity contribution is -0.117. The summed E-state index contributed by atoms with van der Waals surface area (Å²) in [7, 11) is 0. The third-order valence-corrected chi connectivity index (χ3v) is 4.04. The predicted octanol–water partition coefficient (Wildman–Crippen LogP) is 2.60. The minimum Gasteiger partial charge on any atom is -0.494 e. The van der Waals surface area contributed by atoms with Crippen molar-refractivity contribution < 1.29 is 18.7 Å². The van der Waals surface area contributed by atoms with Crippen molar-refractivity contribution in [1.82, 2.24) is 10.2 Å². The highest BCUT2D eigenvalue weighted by Gasteiger charge is 2.18. The minimum absolute atomic E-state index is 0.0308. The standard InChI is InChI=1S/C16H17N3O4S/c1-2-24-12-5-3-11(4-6-12)9-14-18-19-16(23-14)17-15(20)13-10-21-7-8-22-13/h3-6,10H,2,7-9H2,1H3,(H,17,19,20). The molecule has 2 heterocycles. The number of ether oxygens (including phenoxy) is 2. The van der Waals surface area contributed by atoms with Gasteiger partial charge in [-0.25, -0.2) is 0 Å². The Morgan fingerprint density at radius 1 is 1.25 bits per heavy atom. The van der Waals surface area contributed by atoms with Crippen LogP contribution in [0.1, 0.15) is 18.4 Å². The summed E-state index contributed by atoms with van der Waals surface area (Å²) < 4.78 is 15.7. The molecule has 24 heavy (non-hydrogen) atoms. The van der Waals surface area contributed by atoms with Gasteiger partial charge in [-0.3, -0.25) is 10.1 Å². The normalized spacial score (nSPS) is 13.6. The first-order valence-corrected chi connectivity index (χ1v) is 8.53. The number of amides is 1. The first-order chi connectivity index (χ1) is 11.7.